The van der Waals surface area contributed by atoms with Gasteiger partial charge in [0, 0.05) is 37.5 Å². The maximum Gasteiger partial charge on any atom is 0.132 e. The smallest absolute Gasteiger partial charge is 0.132 e. The van der Waals surface area contributed by atoms with Crippen LogP contribution >= 0.6 is 0 Å². The summed E-state index contributed by atoms with van der Waals surface area (Å²) in [6.45, 7) is 11.2. The SMILES string of the molecule is C=C/C(=C(/CC1CC1)N(C)C)c1nc(C2C(C)C(C)C2CC2CCCCC2)ncc1C. The van der Waals surface area contributed by atoms with Crippen molar-refractivity contribution in [1.29, 1.82) is 0 Å². The van der Waals surface area contributed by atoms with Gasteiger partial charge in [-0.3, -0.25) is 0 Å². The van der Waals surface area contributed by atoms with Crippen molar-refractivity contribution in [3.63, 3.8) is 0 Å². The second kappa shape index (κ2) is 9.46. The first-order valence-corrected chi connectivity index (χ1v) is 12.8. The molecule has 0 amide bonds. The first-order valence-electron chi connectivity index (χ1n) is 12.8. The van der Waals surface area contributed by atoms with Crippen LogP contribution in [0.25, 0.3) is 5.57 Å². The Hall–Kier alpha value is -1.64. The number of aryl methyl sites for hydroxylation is 1. The topological polar surface area (TPSA) is 29.0 Å². The molecule has 1 heterocycles. The van der Waals surface area contributed by atoms with E-state index in [1.54, 1.807) is 0 Å². The molecule has 3 nitrogen and oxygen atoms in total. The molecular formula is C28H43N3. The minimum atomic E-state index is 0.508. The molecule has 0 N–H and O–H groups in total. The van der Waals surface area contributed by atoms with Gasteiger partial charge in [0.1, 0.15) is 5.82 Å². The summed E-state index contributed by atoms with van der Waals surface area (Å²) in [5, 5.41) is 0. The van der Waals surface area contributed by atoms with E-state index in [0.29, 0.717) is 11.8 Å². The molecule has 3 aliphatic rings. The molecule has 0 saturated heterocycles. The zero-order valence-corrected chi connectivity index (χ0v) is 20.5. The Balaban J connectivity index is 1.63. The monoisotopic (exact) mass is 421 g/mol. The van der Waals surface area contributed by atoms with Gasteiger partial charge in [0.2, 0.25) is 0 Å². The van der Waals surface area contributed by atoms with Gasteiger partial charge >= 0.3 is 0 Å². The zero-order valence-electron chi connectivity index (χ0n) is 20.5. The van der Waals surface area contributed by atoms with Gasteiger partial charge < -0.3 is 4.90 Å². The second-order valence-corrected chi connectivity index (χ2v) is 11.0. The Morgan fingerprint density at radius 1 is 1.06 bits per heavy atom. The minimum Gasteiger partial charge on any atom is -0.380 e. The van der Waals surface area contributed by atoms with E-state index in [0.717, 1.165) is 47.2 Å². The Labute approximate surface area is 190 Å². The molecule has 170 valence electrons. The predicted octanol–water partition coefficient (Wildman–Crippen LogP) is 7.00. The Morgan fingerprint density at radius 2 is 1.77 bits per heavy atom. The van der Waals surface area contributed by atoms with Crippen LogP contribution in [0.15, 0.2) is 24.5 Å². The van der Waals surface area contributed by atoms with E-state index in [1.165, 1.54) is 62.6 Å². The lowest BCUT2D eigenvalue weighted by atomic mass is 9.55. The van der Waals surface area contributed by atoms with Crippen LogP contribution in [0.5, 0.6) is 0 Å². The highest BCUT2D eigenvalue weighted by Crippen LogP contribution is 2.54. The van der Waals surface area contributed by atoms with Crippen molar-refractivity contribution in [2.75, 3.05) is 14.1 Å². The van der Waals surface area contributed by atoms with Crippen LogP contribution in [-0.4, -0.2) is 29.0 Å². The number of rotatable bonds is 8. The van der Waals surface area contributed by atoms with Gasteiger partial charge in [-0.1, -0.05) is 58.6 Å². The fraction of sp³-hybridized carbons (Fsp3) is 0.714. The molecule has 0 spiro atoms. The van der Waals surface area contributed by atoms with Crippen LogP contribution < -0.4 is 0 Å². The maximum absolute atomic E-state index is 5.26. The first kappa shape index (κ1) is 22.6. The zero-order chi connectivity index (χ0) is 22.1. The fourth-order valence-corrected chi connectivity index (χ4v) is 6.25. The highest BCUT2D eigenvalue weighted by atomic mass is 15.1. The third-order valence-corrected chi connectivity index (χ3v) is 8.64. The lowest BCUT2D eigenvalue weighted by Gasteiger charge is -2.50. The number of allylic oxidation sites excluding steroid dienone is 3. The van der Waals surface area contributed by atoms with Gasteiger partial charge in [0.05, 0.1) is 5.69 Å². The van der Waals surface area contributed by atoms with E-state index in [-0.39, 0.29) is 0 Å². The predicted molar refractivity (Wildman–Crippen MR) is 131 cm³/mol. The molecule has 0 aliphatic heterocycles. The van der Waals surface area contributed by atoms with Crippen molar-refractivity contribution >= 4 is 5.57 Å². The van der Waals surface area contributed by atoms with Gasteiger partial charge in [-0.15, -0.1) is 0 Å². The van der Waals surface area contributed by atoms with Gasteiger partial charge in [-0.2, -0.15) is 0 Å². The summed E-state index contributed by atoms with van der Waals surface area (Å²) in [6, 6.07) is 0. The standard InChI is InChI=1S/C28H43N3/c1-7-23(25(31(5)6)16-22-13-14-22)27-18(2)17-29-28(30-27)26-20(4)19(3)24(26)15-21-11-9-8-10-12-21/h7,17,19-22,24,26H,1,8-16H2,2-6H3/b25-23+. The molecule has 0 radical (unpaired) electrons. The van der Waals surface area contributed by atoms with Gasteiger partial charge in [-0.05, 0) is 67.8 Å². The lowest BCUT2D eigenvalue weighted by molar-refractivity contribution is 0.0292. The van der Waals surface area contributed by atoms with Crippen molar-refractivity contribution in [1.82, 2.24) is 14.9 Å². The van der Waals surface area contributed by atoms with E-state index >= 15 is 0 Å². The van der Waals surface area contributed by atoms with Crippen molar-refractivity contribution < 1.29 is 0 Å². The Kier molecular flexibility index (Phi) is 6.89. The van der Waals surface area contributed by atoms with Crippen LogP contribution in [0.3, 0.4) is 0 Å². The third-order valence-electron chi connectivity index (χ3n) is 8.64. The maximum atomic E-state index is 5.26. The van der Waals surface area contributed by atoms with Gasteiger partial charge in [-0.25, -0.2) is 9.97 Å². The largest absolute Gasteiger partial charge is 0.380 e. The summed E-state index contributed by atoms with van der Waals surface area (Å²) in [7, 11) is 4.32. The molecule has 4 rings (SSSR count). The van der Waals surface area contributed by atoms with Crippen LogP contribution in [0.2, 0.25) is 0 Å². The van der Waals surface area contributed by atoms with Crippen molar-refractivity contribution in [3.05, 3.63) is 41.6 Å². The molecule has 4 atom stereocenters. The molecule has 0 bridgehead atoms. The summed E-state index contributed by atoms with van der Waals surface area (Å²) >= 11 is 0. The Morgan fingerprint density at radius 3 is 2.39 bits per heavy atom. The number of hydrogen-bond donors (Lipinski definition) is 0. The molecule has 4 unspecified atom stereocenters. The number of hydrogen-bond acceptors (Lipinski definition) is 3. The highest BCUT2D eigenvalue weighted by molar-refractivity contribution is 5.75. The molecule has 31 heavy (non-hydrogen) atoms. The van der Waals surface area contributed by atoms with Crippen LogP contribution in [-0.2, 0) is 0 Å². The molecule has 0 aromatic carbocycles. The summed E-state index contributed by atoms with van der Waals surface area (Å²) in [6.07, 6.45) is 16.5. The number of nitrogens with zero attached hydrogens (tertiary/aromatic N) is 3. The minimum absolute atomic E-state index is 0.508. The van der Waals surface area contributed by atoms with E-state index in [1.807, 2.05) is 6.08 Å². The lowest BCUT2D eigenvalue weighted by Crippen LogP contribution is -2.44. The quantitative estimate of drug-likeness (QED) is 0.423. The normalized spacial score (nSPS) is 29.8. The fourth-order valence-electron chi connectivity index (χ4n) is 6.25. The molecule has 3 fully saturated rings. The highest BCUT2D eigenvalue weighted by Gasteiger charge is 2.48. The molecule has 3 saturated carbocycles. The van der Waals surface area contributed by atoms with Crippen LogP contribution in [0, 0.1) is 36.5 Å². The summed E-state index contributed by atoms with van der Waals surface area (Å²) in [5.74, 6) is 5.53. The Bertz CT molecular complexity index is 814. The molecule has 1 aromatic heterocycles. The molecular weight excluding hydrogens is 378 g/mol. The summed E-state index contributed by atoms with van der Waals surface area (Å²) in [4.78, 5) is 12.4. The second-order valence-electron chi connectivity index (χ2n) is 11.0. The summed E-state index contributed by atoms with van der Waals surface area (Å²) in [5.41, 5.74) is 4.85. The van der Waals surface area contributed by atoms with Crippen molar-refractivity contribution in [3.8, 4) is 0 Å². The van der Waals surface area contributed by atoms with E-state index in [4.69, 9.17) is 9.97 Å². The van der Waals surface area contributed by atoms with Crippen molar-refractivity contribution in [2.45, 2.75) is 84.5 Å². The van der Waals surface area contributed by atoms with E-state index in [2.05, 4.69) is 52.5 Å². The van der Waals surface area contributed by atoms with E-state index < -0.39 is 0 Å². The van der Waals surface area contributed by atoms with Gasteiger partial charge in [0.25, 0.3) is 0 Å². The molecule has 1 aromatic rings. The molecule has 3 heteroatoms. The van der Waals surface area contributed by atoms with E-state index in [9.17, 15) is 0 Å². The first-order chi connectivity index (χ1) is 14.9. The average molecular weight is 422 g/mol. The van der Waals surface area contributed by atoms with Gasteiger partial charge in [0.15, 0.2) is 0 Å². The van der Waals surface area contributed by atoms with Crippen molar-refractivity contribution in [2.24, 2.45) is 29.6 Å². The summed E-state index contributed by atoms with van der Waals surface area (Å²) < 4.78 is 0. The number of aromatic nitrogens is 2. The average Bonchev–Trinajstić information content (AvgIpc) is 3.59. The van der Waals surface area contributed by atoms with Crippen LogP contribution in [0.4, 0.5) is 0 Å². The molecule has 3 aliphatic carbocycles. The van der Waals surface area contributed by atoms with Crippen LogP contribution in [0.1, 0.15) is 94.6 Å². The third kappa shape index (κ3) is 4.76.